The third-order valence-corrected chi connectivity index (χ3v) is 3.04. The first-order valence-corrected chi connectivity index (χ1v) is 5.42. The number of pyridine rings is 1. The lowest BCUT2D eigenvalue weighted by Crippen LogP contribution is -2.27. The minimum Gasteiger partial charge on any atom is -0.317 e. The quantitative estimate of drug-likeness (QED) is 0.842. The lowest BCUT2D eigenvalue weighted by Gasteiger charge is -2.24. The molecule has 2 nitrogen and oxygen atoms in total. The lowest BCUT2D eigenvalue weighted by molar-refractivity contribution is 0.458. The highest BCUT2D eigenvalue weighted by atomic mass is 35.5. The number of piperidine rings is 1. The van der Waals surface area contributed by atoms with Crippen LogP contribution in [0.3, 0.4) is 0 Å². The molecule has 0 aromatic carbocycles. The maximum Gasteiger partial charge on any atom is 0.0410 e. The predicted octanol–water partition coefficient (Wildman–Crippen LogP) is 3.01. The number of hydrogen-bond acceptors (Lipinski definition) is 2. The molecule has 0 radical (unpaired) electrons. The zero-order valence-corrected chi connectivity index (χ0v) is 11.5. The van der Waals surface area contributed by atoms with Crippen molar-refractivity contribution in [3.05, 3.63) is 29.1 Å². The molecule has 1 saturated heterocycles. The molecule has 0 aliphatic carbocycles. The van der Waals surface area contributed by atoms with E-state index in [1.807, 2.05) is 0 Å². The molecule has 2 heterocycles. The van der Waals surface area contributed by atoms with Crippen molar-refractivity contribution in [3.63, 3.8) is 0 Å². The molecular formula is C12H20Cl2N2. The summed E-state index contributed by atoms with van der Waals surface area (Å²) in [6.45, 7) is 6.49. The van der Waals surface area contributed by atoms with Gasteiger partial charge in [0.15, 0.2) is 0 Å². The van der Waals surface area contributed by atoms with Crippen molar-refractivity contribution in [2.24, 2.45) is 0 Å². The number of nitrogens with one attached hydrogen (secondary N) is 1. The van der Waals surface area contributed by atoms with Gasteiger partial charge in [-0.25, -0.2) is 0 Å². The highest BCUT2D eigenvalue weighted by molar-refractivity contribution is 5.85. The van der Waals surface area contributed by atoms with Gasteiger partial charge in [0.1, 0.15) is 0 Å². The summed E-state index contributed by atoms with van der Waals surface area (Å²) in [5.74, 6) is 0.726. The smallest absolute Gasteiger partial charge is 0.0410 e. The SMILES string of the molecule is Cc1ccc(C2CCNCC2)c(C)n1.Cl.Cl. The van der Waals surface area contributed by atoms with Crippen molar-refractivity contribution >= 4 is 24.8 Å². The Labute approximate surface area is 110 Å². The van der Waals surface area contributed by atoms with Gasteiger partial charge in [-0.3, -0.25) is 4.98 Å². The molecule has 4 heteroatoms. The third kappa shape index (κ3) is 3.62. The first kappa shape index (κ1) is 15.7. The summed E-state index contributed by atoms with van der Waals surface area (Å²) >= 11 is 0. The second kappa shape index (κ2) is 7.10. The molecule has 2 rings (SSSR count). The predicted molar refractivity (Wildman–Crippen MR) is 73.1 cm³/mol. The minimum atomic E-state index is 0. The van der Waals surface area contributed by atoms with E-state index in [0.717, 1.165) is 24.7 Å². The monoisotopic (exact) mass is 262 g/mol. The van der Waals surface area contributed by atoms with E-state index in [-0.39, 0.29) is 24.8 Å². The summed E-state index contributed by atoms with van der Waals surface area (Å²) in [4.78, 5) is 4.53. The Balaban J connectivity index is 0.00000112. The molecule has 1 aromatic rings. The van der Waals surface area contributed by atoms with Gasteiger partial charge in [0.2, 0.25) is 0 Å². The van der Waals surface area contributed by atoms with E-state index in [0.29, 0.717) is 0 Å². The van der Waals surface area contributed by atoms with Gasteiger partial charge in [0, 0.05) is 11.4 Å². The molecule has 1 aliphatic rings. The fraction of sp³-hybridized carbons (Fsp3) is 0.583. The van der Waals surface area contributed by atoms with Gasteiger partial charge in [0.25, 0.3) is 0 Å². The average molecular weight is 263 g/mol. The largest absolute Gasteiger partial charge is 0.317 e. The van der Waals surface area contributed by atoms with Gasteiger partial charge in [-0.15, -0.1) is 24.8 Å². The van der Waals surface area contributed by atoms with E-state index in [9.17, 15) is 0 Å². The summed E-state index contributed by atoms with van der Waals surface area (Å²) in [5.41, 5.74) is 3.80. The van der Waals surface area contributed by atoms with Gasteiger partial charge in [-0.05, 0) is 57.3 Å². The van der Waals surface area contributed by atoms with E-state index in [4.69, 9.17) is 0 Å². The number of rotatable bonds is 1. The van der Waals surface area contributed by atoms with Crippen LogP contribution in [0.1, 0.15) is 35.7 Å². The Morgan fingerprint density at radius 1 is 1.12 bits per heavy atom. The molecule has 1 fully saturated rings. The van der Waals surface area contributed by atoms with Crippen LogP contribution in [0.4, 0.5) is 0 Å². The highest BCUT2D eigenvalue weighted by Crippen LogP contribution is 2.26. The molecular weight excluding hydrogens is 243 g/mol. The summed E-state index contributed by atoms with van der Waals surface area (Å²) in [7, 11) is 0. The van der Waals surface area contributed by atoms with Crippen LogP contribution >= 0.6 is 24.8 Å². The summed E-state index contributed by atoms with van der Waals surface area (Å²) in [5, 5.41) is 3.39. The van der Waals surface area contributed by atoms with Crippen LogP contribution in [0.15, 0.2) is 12.1 Å². The van der Waals surface area contributed by atoms with Crippen LogP contribution in [-0.4, -0.2) is 18.1 Å². The molecule has 0 bridgehead atoms. The molecule has 0 saturated carbocycles. The van der Waals surface area contributed by atoms with Crippen LogP contribution in [0, 0.1) is 13.8 Å². The van der Waals surface area contributed by atoms with Crippen molar-refractivity contribution < 1.29 is 0 Å². The van der Waals surface area contributed by atoms with E-state index < -0.39 is 0 Å². The Kier molecular flexibility index (Phi) is 6.96. The van der Waals surface area contributed by atoms with Gasteiger partial charge in [0.05, 0.1) is 0 Å². The molecule has 92 valence electrons. The fourth-order valence-electron chi connectivity index (χ4n) is 2.26. The second-order valence-corrected chi connectivity index (χ2v) is 4.15. The zero-order chi connectivity index (χ0) is 9.97. The van der Waals surface area contributed by atoms with E-state index >= 15 is 0 Å². The Bertz CT molecular complexity index is 323. The topological polar surface area (TPSA) is 24.9 Å². The van der Waals surface area contributed by atoms with Crippen LogP contribution in [0.25, 0.3) is 0 Å². The standard InChI is InChI=1S/C12H18N2.2ClH/c1-9-3-4-12(10(2)14-9)11-5-7-13-8-6-11;;/h3-4,11,13H,5-8H2,1-2H3;2*1H. The molecule has 0 amide bonds. The maximum atomic E-state index is 4.53. The van der Waals surface area contributed by atoms with Gasteiger partial charge in [-0.2, -0.15) is 0 Å². The van der Waals surface area contributed by atoms with Gasteiger partial charge in [-0.1, -0.05) is 6.07 Å². The molecule has 16 heavy (non-hydrogen) atoms. The van der Waals surface area contributed by atoms with Crippen molar-refractivity contribution in [2.45, 2.75) is 32.6 Å². The number of aryl methyl sites for hydroxylation is 2. The number of nitrogens with zero attached hydrogens (tertiary/aromatic N) is 1. The summed E-state index contributed by atoms with van der Waals surface area (Å²) < 4.78 is 0. The molecule has 0 unspecified atom stereocenters. The summed E-state index contributed by atoms with van der Waals surface area (Å²) in [6.07, 6.45) is 2.51. The number of halogens is 2. The summed E-state index contributed by atoms with van der Waals surface area (Å²) in [6, 6.07) is 4.39. The Morgan fingerprint density at radius 2 is 1.75 bits per heavy atom. The Hall–Kier alpha value is -0.310. The Morgan fingerprint density at radius 3 is 2.31 bits per heavy atom. The highest BCUT2D eigenvalue weighted by Gasteiger charge is 2.17. The van der Waals surface area contributed by atoms with Crippen LogP contribution in [0.2, 0.25) is 0 Å². The van der Waals surface area contributed by atoms with Gasteiger partial charge >= 0.3 is 0 Å². The first-order valence-electron chi connectivity index (χ1n) is 5.42. The number of hydrogen-bond donors (Lipinski definition) is 1. The number of aromatic nitrogens is 1. The van der Waals surface area contributed by atoms with Crippen LogP contribution in [0.5, 0.6) is 0 Å². The van der Waals surface area contributed by atoms with E-state index in [1.165, 1.54) is 24.1 Å². The molecule has 1 aromatic heterocycles. The molecule has 0 atom stereocenters. The second-order valence-electron chi connectivity index (χ2n) is 4.15. The normalized spacial score (nSPS) is 16.1. The fourth-order valence-corrected chi connectivity index (χ4v) is 2.26. The molecule has 0 spiro atoms. The van der Waals surface area contributed by atoms with E-state index in [1.54, 1.807) is 0 Å². The van der Waals surface area contributed by atoms with Crippen LogP contribution < -0.4 is 5.32 Å². The van der Waals surface area contributed by atoms with E-state index in [2.05, 4.69) is 36.3 Å². The molecule has 1 aliphatic heterocycles. The van der Waals surface area contributed by atoms with Gasteiger partial charge < -0.3 is 5.32 Å². The minimum absolute atomic E-state index is 0. The van der Waals surface area contributed by atoms with Crippen molar-refractivity contribution in [3.8, 4) is 0 Å². The van der Waals surface area contributed by atoms with Crippen molar-refractivity contribution in [1.29, 1.82) is 0 Å². The molecule has 1 N–H and O–H groups in total. The first-order chi connectivity index (χ1) is 6.77. The lowest BCUT2D eigenvalue weighted by atomic mass is 9.89. The third-order valence-electron chi connectivity index (χ3n) is 3.04. The van der Waals surface area contributed by atoms with Crippen LogP contribution in [-0.2, 0) is 0 Å². The van der Waals surface area contributed by atoms with Crippen molar-refractivity contribution in [2.75, 3.05) is 13.1 Å². The average Bonchev–Trinajstić information content (AvgIpc) is 2.19. The maximum absolute atomic E-state index is 4.53. The zero-order valence-electron chi connectivity index (χ0n) is 9.82. The van der Waals surface area contributed by atoms with Crippen molar-refractivity contribution in [1.82, 2.24) is 10.3 Å².